The maximum Gasteiger partial charge on any atom is 0.289 e. The van der Waals surface area contributed by atoms with E-state index in [-0.39, 0.29) is 5.91 Å². The van der Waals surface area contributed by atoms with Crippen LogP contribution in [0, 0.1) is 0 Å². The normalized spacial score (nSPS) is 24.9. The minimum absolute atomic E-state index is 0.0194. The Labute approximate surface area is 115 Å². The summed E-state index contributed by atoms with van der Waals surface area (Å²) >= 11 is 3.23. The Hall–Kier alpha value is -0.810. The highest BCUT2D eigenvalue weighted by atomic mass is 79.9. The highest BCUT2D eigenvalue weighted by molar-refractivity contribution is 9.10. The third-order valence-corrected chi connectivity index (χ3v) is 4.33. The minimum Gasteiger partial charge on any atom is -0.444 e. The van der Waals surface area contributed by atoms with Crippen molar-refractivity contribution >= 4 is 21.8 Å². The maximum absolute atomic E-state index is 12.3. The molecule has 2 saturated heterocycles. The molecule has 98 valence electrons. The van der Waals surface area contributed by atoms with Gasteiger partial charge in [0.1, 0.15) is 0 Å². The van der Waals surface area contributed by atoms with E-state index in [2.05, 4.69) is 20.8 Å². The van der Waals surface area contributed by atoms with E-state index in [1.807, 2.05) is 4.90 Å². The van der Waals surface area contributed by atoms with Crippen LogP contribution in [-0.4, -0.2) is 47.9 Å². The first-order valence-corrected chi connectivity index (χ1v) is 7.32. The zero-order valence-electron chi connectivity index (χ0n) is 10.3. The van der Waals surface area contributed by atoms with Gasteiger partial charge >= 0.3 is 0 Å². The fraction of sp³-hybridized carbons (Fsp3) is 0.615. The average Bonchev–Trinajstić information content (AvgIpc) is 2.84. The second-order valence-electron chi connectivity index (χ2n) is 5.04. The van der Waals surface area contributed by atoms with Crippen LogP contribution < -0.4 is 0 Å². The summed E-state index contributed by atoms with van der Waals surface area (Å²) in [6.07, 6.45) is 3.80. The van der Waals surface area contributed by atoms with Crippen LogP contribution in [0.15, 0.2) is 21.2 Å². The van der Waals surface area contributed by atoms with Gasteiger partial charge in [-0.1, -0.05) is 6.42 Å². The van der Waals surface area contributed by atoms with Crippen molar-refractivity contribution in [1.82, 2.24) is 9.80 Å². The fourth-order valence-electron chi connectivity index (χ4n) is 2.93. The van der Waals surface area contributed by atoms with Crippen LogP contribution in [0.2, 0.25) is 0 Å². The number of hydrogen-bond acceptors (Lipinski definition) is 3. The number of nitrogens with zero attached hydrogens (tertiary/aromatic N) is 2. The molecule has 2 aliphatic heterocycles. The van der Waals surface area contributed by atoms with Gasteiger partial charge in [0, 0.05) is 25.7 Å². The molecule has 1 atom stereocenters. The molecule has 0 N–H and O–H groups in total. The van der Waals surface area contributed by atoms with Crippen LogP contribution in [0.25, 0.3) is 0 Å². The van der Waals surface area contributed by atoms with Gasteiger partial charge in [-0.3, -0.25) is 9.69 Å². The van der Waals surface area contributed by atoms with Crippen molar-refractivity contribution in [2.75, 3.05) is 26.2 Å². The van der Waals surface area contributed by atoms with E-state index < -0.39 is 0 Å². The van der Waals surface area contributed by atoms with Crippen molar-refractivity contribution in [3.63, 3.8) is 0 Å². The number of carbonyl (C=O) groups is 1. The van der Waals surface area contributed by atoms with Gasteiger partial charge in [0.05, 0.1) is 0 Å². The lowest BCUT2D eigenvalue weighted by Crippen LogP contribution is -2.56. The van der Waals surface area contributed by atoms with Crippen LogP contribution in [0.4, 0.5) is 0 Å². The first-order chi connectivity index (χ1) is 8.74. The number of piperidine rings is 1. The average molecular weight is 313 g/mol. The molecule has 3 heterocycles. The van der Waals surface area contributed by atoms with Gasteiger partial charge in [0.15, 0.2) is 10.4 Å². The molecule has 0 saturated carbocycles. The van der Waals surface area contributed by atoms with E-state index >= 15 is 0 Å². The van der Waals surface area contributed by atoms with Gasteiger partial charge in [0.2, 0.25) is 0 Å². The maximum atomic E-state index is 12.3. The quantitative estimate of drug-likeness (QED) is 0.798. The highest BCUT2D eigenvalue weighted by Gasteiger charge is 2.32. The molecule has 5 heteroatoms. The van der Waals surface area contributed by atoms with Crippen molar-refractivity contribution in [1.29, 1.82) is 0 Å². The molecule has 18 heavy (non-hydrogen) atoms. The molecule has 2 fully saturated rings. The van der Waals surface area contributed by atoms with Crippen molar-refractivity contribution in [3.8, 4) is 0 Å². The smallest absolute Gasteiger partial charge is 0.289 e. The standard InChI is InChI=1S/C13H17BrN2O2/c14-12-5-4-11(18-12)13(17)16-8-7-15-6-2-1-3-10(15)9-16/h4-5,10H,1-3,6-9H2/t10-/m1/s1. The molecule has 2 aliphatic rings. The van der Waals surface area contributed by atoms with E-state index in [0.717, 1.165) is 19.6 Å². The van der Waals surface area contributed by atoms with E-state index in [1.54, 1.807) is 12.1 Å². The van der Waals surface area contributed by atoms with Crippen molar-refractivity contribution in [3.05, 3.63) is 22.6 Å². The lowest BCUT2D eigenvalue weighted by Gasteiger charge is -2.43. The molecule has 0 radical (unpaired) electrons. The van der Waals surface area contributed by atoms with E-state index in [9.17, 15) is 4.79 Å². The minimum atomic E-state index is 0.0194. The van der Waals surface area contributed by atoms with Gasteiger partial charge in [-0.2, -0.15) is 0 Å². The van der Waals surface area contributed by atoms with E-state index in [0.29, 0.717) is 16.5 Å². The first-order valence-electron chi connectivity index (χ1n) is 6.53. The predicted molar refractivity (Wildman–Crippen MR) is 71.5 cm³/mol. The zero-order chi connectivity index (χ0) is 12.5. The molecule has 4 nitrogen and oxygen atoms in total. The Kier molecular flexibility index (Phi) is 3.43. The number of rotatable bonds is 1. The Morgan fingerprint density at radius 1 is 1.28 bits per heavy atom. The molecule has 0 unspecified atom stereocenters. The summed E-state index contributed by atoms with van der Waals surface area (Å²) in [5.41, 5.74) is 0. The molecule has 1 aromatic rings. The summed E-state index contributed by atoms with van der Waals surface area (Å²) in [6.45, 7) is 3.85. The van der Waals surface area contributed by atoms with Crippen molar-refractivity contribution in [2.24, 2.45) is 0 Å². The molecular formula is C13H17BrN2O2. The third-order valence-electron chi connectivity index (χ3n) is 3.91. The summed E-state index contributed by atoms with van der Waals surface area (Å²) in [5, 5.41) is 0. The number of piperazine rings is 1. The second-order valence-corrected chi connectivity index (χ2v) is 5.82. The van der Waals surface area contributed by atoms with Crippen molar-refractivity contribution in [2.45, 2.75) is 25.3 Å². The Morgan fingerprint density at radius 2 is 2.17 bits per heavy atom. The lowest BCUT2D eigenvalue weighted by molar-refractivity contribution is 0.0349. The van der Waals surface area contributed by atoms with Gasteiger partial charge in [-0.25, -0.2) is 0 Å². The summed E-state index contributed by atoms with van der Waals surface area (Å²) in [6, 6.07) is 4.05. The number of hydrogen-bond donors (Lipinski definition) is 0. The number of halogens is 1. The number of furan rings is 1. The van der Waals surface area contributed by atoms with E-state index in [1.165, 1.54) is 25.8 Å². The third kappa shape index (κ3) is 2.34. The van der Waals surface area contributed by atoms with Gasteiger partial charge < -0.3 is 9.32 Å². The monoisotopic (exact) mass is 312 g/mol. The Bertz CT molecular complexity index is 446. The molecular weight excluding hydrogens is 296 g/mol. The van der Waals surface area contributed by atoms with Gasteiger partial charge in [-0.05, 0) is 47.4 Å². The number of carbonyl (C=O) groups excluding carboxylic acids is 1. The van der Waals surface area contributed by atoms with Crippen LogP contribution >= 0.6 is 15.9 Å². The van der Waals surface area contributed by atoms with Crippen LogP contribution in [0.5, 0.6) is 0 Å². The van der Waals surface area contributed by atoms with Gasteiger partial charge in [-0.15, -0.1) is 0 Å². The summed E-state index contributed by atoms with van der Waals surface area (Å²) in [5.74, 6) is 0.456. The molecule has 1 aromatic heterocycles. The largest absolute Gasteiger partial charge is 0.444 e. The molecule has 3 rings (SSSR count). The molecule has 0 spiro atoms. The molecule has 0 aromatic carbocycles. The summed E-state index contributed by atoms with van der Waals surface area (Å²) < 4.78 is 5.96. The first kappa shape index (κ1) is 12.2. The van der Waals surface area contributed by atoms with Crippen LogP contribution in [0.3, 0.4) is 0 Å². The molecule has 1 amide bonds. The van der Waals surface area contributed by atoms with Crippen LogP contribution in [0.1, 0.15) is 29.8 Å². The number of fused-ring (bicyclic) bond motifs is 1. The topological polar surface area (TPSA) is 36.7 Å². The van der Waals surface area contributed by atoms with E-state index in [4.69, 9.17) is 4.42 Å². The van der Waals surface area contributed by atoms with Gasteiger partial charge in [0.25, 0.3) is 5.91 Å². The SMILES string of the molecule is O=C(c1ccc(Br)o1)N1CCN2CCCC[C@@H]2C1. The summed E-state index contributed by atoms with van der Waals surface area (Å²) in [7, 11) is 0. The Morgan fingerprint density at radius 3 is 2.94 bits per heavy atom. The Balaban J connectivity index is 1.68. The second kappa shape index (κ2) is 5.05. The fourth-order valence-corrected chi connectivity index (χ4v) is 3.23. The summed E-state index contributed by atoms with van der Waals surface area (Å²) in [4.78, 5) is 16.7. The molecule has 0 aliphatic carbocycles. The predicted octanol–water partition coefficient (Wildman–Crippen LogP) is 2.35. The number of amides is 1. The van der Waals surface area contributed by atoms with Crippen LogP contribution in [-0.2, 0) is 0 Å². The lowest BCUT2D eigenvalue weighted by atomic mass is 9.99. The van der Waals surface area contributed by atoms with Crippen molar-refractivity contribution < 1.29 is 9.21 Å². The highest BCUT2D eigenvalue weighted by Crippen LogP contribution is 2.23. The zero-order valence-corrected chi connectivity index (χ0v) is 11.9. The molecule has 0 bridgehead atoms.